The van der Waals surface area contributed by atoms with Crippen LogP contribution in [0.15, 0.2) is 70.6 Å². The topological polar surface area (TPSA) is 82.1 Å². The van der Waals surface area contributed by atoms with Gasteiger partial charge in [-0.25, -0.2) is 4.79 Å². The third-order valence-electron chi connectivity index (χ3n) is 5.28. The van der Waals surface area contributed by atoms with Crippen molar-refractivity contribution in [2.75, 3.05) is 31.5 Å². The highest BCUT2D eigenvalue weighted by molar-refractivity contribution is 8.00. The molecule has 156 valence electrons. The van der Waals surface area contributed by atoms with Crippen LogP contribution in [0.2, 0.25) is 0 Å². The van der Waals surface area contributed by atoms with Crippen molar-refractivity contribution >= 4 is 32.5 Å². The molecule has 0 spiro atoms. The third-order valence-corrected chi connectivity index (χ3v) is 6.76. The zero-order valence-electron chi connectivity index (χ0n) is 16.8. The Balaban J connectivity index is 1.49. The van der Waals surface area contributed by atoms with Gasteiger partial charge in [0.15, 0.2) is 0 Å². The maximum absolute atomic E-state index is 12.7. The van der Waals surface area contributed by atoms with Crippen molar-refractivity contribution in [3.05, 3.63) is 71.8 Å². The number of carbonyl (C=O) groups is 1. The minimum Gasteiger partial charge on any atom is -0.354 e. The van der Waals surface area contributed by atoms with E-state index in [1.165, 1.54) is 0 Å². The predicted octanol–water partition coefficient (Wildman–Crippen LogP) is 3.40. The van der Waals surface area contributed by atoms with Gasteiger partial charge in [0.2, 0.25) is 0 Å². The second-order valence-corrected chi connectivity index (χ2v) is 8.87. The number of hydrogen-bond donors (Lipinski definition) is 1. The van der Waals surface area contributed by atoms with Crippen LogP contribution in [0.3, 0.4) is 0 Å². The molecule has 0 saturated carbocycles. The second kappa shape index (κ2) is 8.31. The van der Waals surface area contributed by atoms with Gasteiger partial charge in [0.25, 0.3) is 10.0 Å². The number of urea groups is 1. The summed E-state index contributed by atoms with van der Waals surface area (Å²) in [5, 5.41) is 2.91. The monoisotopic (exact) mass is 424 g/mol. The van der Waals surface area contributed by atoms with Crippen molar-refractivity contribution in [3.63, 3.8) is 0 Å². The van der Waals surface area contributed by atoms with Gasteiger partial charge in [-0.1, -0.05) is 48.5 Å². The van der Waals surface area contributed by atoms with E-state index in [9.17, 15) is 13.2 Å². The molecular weight excluding hydrogens is 400 g/mol. The number of rotatable bonds is 2. The molecule has 0 unspecified atom stereocenters. The van der Waals surface area contributed by atoms with Crippen LogP contribution < -0.4 is 5.32 Å². The zero-order chi connectivity index (χ0) is 21.1. The largest absolute Gasteiger partial charge is 0.354 e. The van der Waals surface area contributed by atoms with Crippen LogP contribution >= 0.6 is 0 Å². The highest BCUT2D eigenvalue weighted by Gasteiger charge is 2.34. The van der Waals surface area contributed by atoms with Gasteiger partial charge in [-0.3, -0.25) is 0 Å². The molecule has 1 saturated heterocycles. The van der Waals surface area contributed by atoms with E-state index in [1.807, 2.05) is 53.4 Å². The maximum atomic E-state index is 12.7. The summed E-state index contributed by atoms with van der Waals surface area (Å²) in [5.41, 5.74) is 2.05. The SMILES string of the molecule is CC1=C(c2ccccc2)S(=O)(=O)N=C1N1CCCN(C(=O)Nc2ccccc2)CC1. The minimum atomic E-state index is -3.74. The van der Waals surface area contributed by atoms with Gasteiger partial charge in [-0.2, -0.15) is 8.42 Å². The molecule has 0 aromatic heterocycles. The molecule has 2 aliphatic heterocycles. The fourth-order valence-corrected chi connectivity index (χ4v) is 5.31. The average Bonchev–Trinajstić information content (AvgIpc) is 2.90. The third kappa shape index (κ3) is 4.09. The van der Waals surface area contributed by atoms with Crippen molar-refractivity contribution in [1.29, 1.82) is 0 Å². The molecule has 7 nitrogen and oxygen atoms in total. The van der Waals surface area contributed by atoms with Gasteiger partial charge in [0, 0.05) is 37.4 Å². The lowest BCUT2D eigenvalue weighted by Gasteiger charge is -2.24. The summed E-state index contributed by atoms with van der Waals surface area (Å²) >= 11 is 0. The Hall–Kier alpha value is -3.13. The fraction of sp³-hybridized carbons (Fsp3) is 0.273. The first-order valence-electron chi connectivity index (χ1n) is 9.93. The van der Waals surface area contributed by atoms with E-state index >= 15 is 0 Å². The number of hydrogen-bond acceptors (Lipinski definition) is 4. The lowest BCUT2D eigenvalue weighted by Crippen LogP contribution is -2.39. The molecule has 30 heavy (non-hydrogen) atoms. The van der Waals surface area contributed by atoms with Crippen molar-refractivity contribution in [2.45, 2.75) is 13.3 Å². The highest BCUT2D eigenvalue weighted by atomic mass is 32.2. The summed E-state index contributed by atoms with van der Waals surface area (Å²) in [7, 11) is -3.74. The molecular formula is C22H24N4O3S. The number of nitrogens with one attached hydrogen (secondary N) is 1. The predicted molar refractivity (Wildman–Crippen MR) is 119 cm³/mol. The summed E-state index contributed by atoms with van der Waals surface area (Å²) < 4.78 is 29.6. The molecule has 8 heteroatoms. The number of benzene rings is 2. The first kappa shape index (κ1) is 20.2. The van der Waals surface area contributed by atoms with Gasteiger partial charge < -0.3 is 15.1 Å². The van der Waals surface area contributed by atoms with Gasteiger partial charge in [0.05, 0.1) is 0 Å². The average molecular weight is 425 g/mol. The maximum Gasteiger partial charge on any atom is 0.321 e. The van der Waals surface area contributed by atoms with Crippen LogP contribution in [0.5, 0.6) is 0 Å². The van der Waals surface area contributed by atoms with E-state index in [2.05, 4.69) is 9.71 Å². The van der Waals surface area contributed by atoms with Crippen LogP contribution in [0.4, 0.5) is 10.5 Å². The first-order chi connectivity index (χ1) is 14.5. The van der Waals surface area contributed by atoms with Crippen molar-refractivity contribution in [2.24, 2.45) is 4.40 Å². The molecule has 2 aliphatic rings. The van der Waals surface area contributed by atoms with Crippen LogP contribution in [0, 0.1) is 0 Å². The van der Waals surface area contributed by atoms with Gasteiger partial charge >= 0.3 is 6.03 Å². The van der Waals surface area contributed by atoms with E-state index < -0.39 is 10.0 Å². The molecule has 2 heterocycles. The van der Waals surface area contributed by atoms with Gasteiger partial charge in [0.1, 0.15) is 10.7 Å². The Bertz CT molecular complexity index is 1100. The number of sulfonamides is 1. The summed E-state index contributed by atoms with van der Waals surface area (Å²) in [6.45, 7) is 4.06. The molecule has 0 bridgehead atoms. The molecule has 2 amide bonds. The first-order valence-corrected chi connectivity index (χ1v) is 11.4. The zero-order valence-corrected chi connectivity index (χ0v) is 17.6. The van der Waals surface area contributed by atoms with Crippen molar-refractivity contribution < 1.29 is 13.2 Å². The Morgan fingerprint density at radius 1 is 0.933 bits per heavy atom. The summed E-state index contributed by atoms with van der Waals surface area (Å²) in [5.74, 6) is 0.485. The lowest BCUT2D eigenvalue weighted by atomic mass is 10.1. The highest BCUT2D eigenvalue weighted by Crippen LogP contribution is 2.33. The van der Waals surface area contributed by atoms with Crippen LogP contribution in [0.25, 0.3) is 4.91 Å². The fourth-order valence-electron chi connectivity index (χ4n) is 3.83. The van der Waals surface area contributed by atoms with Gasteiger partial charge in [-0.05, 0) is 31.0 Å². The lowest BCUT2D eigenvalue weighted by molar-refractivity contribution is 0.214. The number of para-hydroxylation sites is 1. The molecule has 0 aliphatic carbocycles. The molecule has 0 radical (unpaired) electrons. The van der Waals surface area contributed by atoms with Gasteiger partial charge in [-0.15, -0.1) is 4.40 Å². The molecule has 0 atom stereocenters. The Morgan fingerprint density at radius 3 is 2.30 bits per heavy atom. The summed E-state index contributed by atoms with van der Waals surface area (Å²) in [4.78, 5) is 16.6. The van der Waals surface area contributed by atoms with Crippen LogP contribution in [-0.2, 0) is 10.0 Å². The second-order valence-electron chi connectivity index (χ2n) is 7.33. The molecule has 1 N–H and O–H groups in total. The van der Waals surface area contributed by atoms with E-state index in [0.717, 1.165) is 12.1 Å². The number of anilines is 1. The molecule has 1 fully saturated rings. The number of amidine groups is 1. The van der Waals surface area contributed by atoms with E-state index in [-0.39, 0.29) is 10.9 Å². The minimum absolute atomic E-state index is 0.152. The summed E-state index contributed by atoms with van der Waals surface area (Å²) in [6, 6.07) is 18.2. The number of carbonyl (C=O) groups excluding carboxylic acids is 1. The molecule has 2 aromatic rings. The number of nitrogens with zero attached hydrogens (tertiary/aromatic N) is 3. The Labute approximate surface area is 176 Å². The quantitative estimate of drug-likeness (QED) is 0.801. The van der Waals surface area contributed by atoms with E-state index in [4.69, 9.17) is 0 Å². The molecule has 2 aromatic carbocycles. The van der Waals surface area contributed by atoms with E-state index in [1.54, 1.807) is 24.0 Å². The molecule has 4 rings (SSSR count). The van der Waals surface area contributed by atoms with Crippen LogP contribution in [0.1, 0.15) is 18.9 Å². The Kier molecular flexibility index (Phi) is 5.59. The van der Waals surface area contributed by atoms with Crippen molar-refractivity contribution in [1.82, 2.24) is 9.80 Å². The standard InChI is InChI=1S/C22H24N4O3S/c1-17-20(18-9-4-2-5-10-18)30(28,29)24-21(17)25-13-8-14-26(16-15-25)22(27)23-19-11-6-3-7-12-19/h2-7,9-12H,8,13-16H2,1H3,(H,23,27). The van der Waals surface area contributed by atoms with Crippen molar-refractivity contribution in [3.8, 4) is 0 Å². The smallest absolute Gasteiger partial charge is 0.321 e. The normalized spacial score (nSPS) is 18.8. The summed E-state index contributed by atoms with van der Waals surface area (Å²) in [6.07, 6.45) is 0.731. The Morgan fingerprint density at radius 2 is 1.60 bits per heavy atom. The van der Waals surface area contributed by atoms with E-state index in [0.29, 0.717) is 43.2 Å². The number of amides is 2. The van der Waals surface area contributed by atoms with Crippen LogP contribution in [-0.4, -0.2) is 56.3 Å².